The Morgan fingerprint density at radius 1 is 1.41 bits per heavy atom. The van der Waals surface area contributed by atoms with Crippen LogP contribution >= 0.6 is 0 Å². The molecule has 0 aliphatic heterocycles. The summed E-state index contributed by atoms with van der Waals surface area (Å²) in [6.07, 6.45) is 6.66. The summed E-state index contributed by atoms with van der Waals surface area (Å²) in [5.41, 5.74) is 1.13. The van der Waals surface area contributed by atoms with E-state index in [1.807, 2.05) is 28.8 Å². The highest BCUT2D eigenvalue weighted by Crippen LogP contribution is 2.06. The van der Waals surface area contributed by atoms with Gasteiger partial charge in [-0.3, -0.25) is 0 Å². The Balaban J connectivity index is 1.99. The number of hydrogen-bond donors (Lipinski definition) is 0. The lowest BCUT2D eigenvalue weighted by Gasteiger charge is -2.00. The van der Waals surface area contributed by atoms with Crippen LogP contribution in [0.2, 0.25) is 0 Å². The fraction of sp³-hybridized carbons (Fsp3) is 0.385. The third kappa shape index (κ3) is 2.84. The third-order valence-electron chi connectivity index (χ3n) is 2.55. The average molecular weight is 232 g/mol. The number of nitrogens with zero attached hydrogens (tertiary/aromatic N) is 2. The minimum Gasteiger partial charge on any atom is -0.461 e. The summed E-state index contributed by atoms with van der Waals surface area (Å²) in [6, 6.07) is 5.64. The maximum atomic E-state index is 11.7. The summed E-state index contributed by atoms with van der Waals surface area (Å²) < 4.78 is 6.95. The Labute approximate surface area is 100 Å². The number of pyridine rings is 1. The van der Waals surface area contributed by atoms with E-state index in [4.69, 9.17) is 4.74 Å². The predicted octanol–water partition coefficient (Wildman–Crippen LogP) is 2.68. The zero-order valence-electron chi connectivity index (χ0n) is 9.93. The first-order valence-electron chi connectivity index (χ1n) is 5.92. The smallest absolute Gasteiger partial charge is 0.358 e. The van der Waals surface area contributed by atoms with E-state index in [2.05, 4.69) is 11.9 Å². The van der Waals surface area contributed by atoms with Crippen LogP contribution in [0.15, 0.2) is 30.6 Å². The molecular weight excluding hydrogens is 216 g/mol. The summed E-state index contributed by atoms with van der Waals surface area (Å²) >= 11 is 0. The van der Waals surface area contributed by atoms with Gasteiger partial charge in [0.15, 0.2) is 5.69 Å². The Kier molecular flexibility index (Phi) is 3.75. The van der Waals surface area contributed by atoms with Crippen molar-refractivity contribution in [2.24, 2.45) is 0 Å². The van der Waals surface area contributed by atoms with Crippen LogP contribution in [0.5, 0.6) is 0 Å². The molecule has 0 bridgehead atoms. The Bertz CT molecular complexity index is 472. The van der Waals surface area contributed by atoms with Crippen LogP contribution in [0.3, 0.4) is 0 Å². The number of esters is 1. The first kappa shape index (κ1) is 11.6. The van der Waals surface area contributed by atoms with E-state index in [0.29, 0.717) is 12.3 Å². The molecule has 0 fully saturated rings. The Hall–Kier alpha value is -1.84. The quantitative estimate of drug-likeness (QED) is 0.588. The van der Waals surface area contributed by atoms with E-state index in [0.717, 1.165) is 24.9 Å². The van der Waals surface area contributed by atoms with Gasteiger partial charge in [0, 0.05) is 12.4 Å². The van der Waals surface area contributed by atoms with E-state index in [-0.39, 0.29) is 5.97 Å². The maximum Gasteiger partial charge on any atom is 0.358 e. The van der Waals surface area contributed by atoms with Crippen molar-refractivity contribution in [3.8, 4) is 0 Å². The van der Waals surface area contributed by atoms with Gasteiger partial charge < -0.3 is 9.14 Å². The van der Waals surface area contributed by atoms with Crippen LogP contribution in [0.25, 0.3) is 5.65 Å². The second-order valence-corrected chi connectivity index (χ2v) is 3.94. The molecule has 0 radical (unpaired) electrons. The summed E-state index contributed by atoms with van der Waals surface area (Å²) in [5.74, 6) is -0.343. The van der Waals surface area contributed by atoms with Crippen LogP contribution in [0.4, 0.5) is 0 Å². The highest BCUT2D eigenvalue weighted by atomic mass is 16.5. The molecule has 90 valence electrons. The molecule has 2 aromatic heterocycles. The van der Waals surface area contributed by atoms with Crippen LogP contribution < -0.4 is 0 Å². The molecule has 0 saturated carbocycles. The molecule has 2 aromatic rings. The fourth-order valence-corrected chi connectivity index (χ4v) is 1.62. The van der Waals surface area contributed by atoms with E-state index < -0.39 is 0 Å². The van der Waals surface area contributed by atoms with Gasteiger partial charge in [-0.2, -0.15) is 0 Å². The molecule has 2 rings (SSSR count). The Morgan fingerprint density at radius 3 is 3.06 bits per heavy atom. The number of hydrogen-bond acceptors (Lipinski definition) is 3. The molecule has 0 spiro atoms. The highest BCUT2D eigenvalue weighted by Gasteiger charge is 2.11. The standard InChI is InChI=1S/C13H16N2O2/c1-2-3-6-9-17-13(16)11-10-15-8-5-4-7-12(15)14-11/h4-5,7-8,10H,2-3,6,9H2,1H3. The van der Waals surface area contributed by atoms with E-state index in [9.17, 15) is 4.79 Å². The maximum absolute atomic E-state index is 11.7. The number of rotatable bonds is 5. The zero-order chi connectivity index (χ0) is 12.1. The van der Waals surface area contributed by atoms with Crippen molar-refractivity contribution in [3.63, 3.8) is 0 Å². The van der Waals surface area contributed by atoms with Crippen molar-refractivity contribution in [2.45, 2.75) is 26.2 Å². The topological polar surface area (TPSA) is 43.6 Å². The van der Waals surface area contributed by atoms with E-state index in [1.54, 1.807) is 6.20 Å². The molecule has 4 nitrogen and oxygen atoms in total. The minimum atomic E-state index is -0.343. The van der Waals surface area contributed by atoms with Crippen molar-refractivity contribution < 1.29 is 9.53 Å². The number of imidazole rings is 1. The van der Waals surface area contributed by atoms with Gasteiger partial charge in [0.2, 0.25) is 0 Å². The summed E-state index contributed by atoms with van der Waals surface area (Å²) in [4.78, 5) is 15.9. The lowest BCUT2D eigenvalue weighted by molar-refractivity contribution is 0.0492. The van der Waals surface area contributed by atoms with Gasteiger partial charge in [-0.15, -0.1) is 0 Å². The summed E-state index contributed by atoms with van der Waals surface area (Å²) in [6.45, 7) is 2.59. The van der Waals surface area contributed by atoms with Gasteiger partial charge in [-0.05, 0) is 18.6 Å². The van der Waals surface area contributed by atoms with Gasteiger partial charge in [-0.25, -0.2) is 9.78 Å². The van der Waals surface area contributed by atoms with Crippen LogP contribution in [0.1, 0.15) is 36.7 Å². The lowest BCUT2D eigenvalue weighted by Crippen LogP contribution is -2.06. The molecule has 0 unspecified atom stereocenters. The number of carbonyl (C=O) groups excluding carboxylic acids is 1. The first-order valence-corrected chi connectivity index (χ1v) is 5.92. The predicted molar refractivity (Wildman–Crippen MR) is 65.0 cm³/mol. The van der Waals surface area contributed by atoms with Gasteiger partial charge in [0.1, 0.15) is 5.65 Å². The minimum absolute atomic E-state index is 0.343. The number of fused-ring (bicyclic) bond motifs is 1. The Morgan fingerprint density at radius 2 is 2.29 bits per heavy atom. The number of unbranched alkanes of at least 4 members (excludes halogenated alkanes) is 2. The van der Waals surface area contributed by atoms with Crippen LogP contribution in [-0.4, -0.2) is 22.0 Å². The second-order valence-electron chi connectivity index (χ2n) is 3.94. The first-order chi connectivity index (χ1) is 8.31. The van der Waals surface area contributed by atoms with Gasteiger partial charge in [-0.1, -0.05) is 25.8 Å². The second kappa shape index (κ2) is 5.48. The molecule has 0 N–H and O–H groups in total. The molecule has 17 heavy (non-hydrogen) atoms. The van der Waals surface area contributed by atoms with Crippen molar-refractivity contribution in [3.05, 3.63) is 36.3 Å². The van der Waals surface area contributed by atoms with E-state index >= 15 is 0 Å². The average Bonchev–Trinajstić information content (AvgIpc) is 2.78. The molecular formula is C13H16N2O2. The SMILES string of the molecule is CCCCCOC(=O)c1cn2ccccc2n1. The zero-order valence-corrected chi connectivity index (χ0v) is 9.93. The highest BCUT2D eigenvalue weighted by molar-refractivity contribution is 5.87. The van der Waals surface area contributed by atoms with Crippen LogP contribution in [-0.2, 0) is 4.74 Å². The van der Waals surface area contributed by atoms with Crippen LogP contribution in [0, 0.1) is 0 Å². The molecule has 0 aliphatic rings. The molecule has 0 aliphatic carbocycles. The number of carbonyl (C=O) groups is 1. The van der Waals surface area contributed by atoms with Gasteiger partial charge in [0.05, 0.1) is 6.61 Å². The molecule has 2 heterocycles. The fourth-order valence-electron chi connectivity index (χ4n) is 1.62. The summed E-state index contributed by atoms with van der Waals surface area (Å²) in [5, 5.41) is 0. The molecule has 0 saturated heterocycles. The van der Waals surface area contributed by atoms with Gasteiger partial charge in [0.25, 0.3) is 0 Å². The van der Waals surface area contributed by atoms with Crippen molar-refractivity contribution in [1.29, 1.82) is 0 Å². The van der Waals surface area contributed by atoms with Crippen molar-refractivity contribution in [1.82, 2.24) is 9.38 Å². The largest absolute Gasteiger partial charge is 0.461 e. The van der Waals surface area contributed by atoms with E-state index in [1.165, 1.54) is 0 Å². The number of ether oxygens (including phenoxy) is 1. The third-order valence-corrected chi connectivity index (χ3v) is 2.55. The molecule has 4 heteroatoms. The summed E-state index contributed by atoms with van der Waals surface area (Å²) in [7, 11) is 0. The lowest BCUT2D eigenvalue weighted by atomic mass is 10.3. The molecule has 0 atom stereocenters. The van der Waals surface area contributed by atoms with Crippen molar-refractivity contribution >= 4 is 11.6 Å². The van der Waals surface area contributed by atoms with Gasteiger partial charge >= 0.3 is 5.97 Å². The van der Waals surface area contributed by atoms with Crippen molar-refractivity contribution in [2.75, 3.05) is 6.61 Å². The molecule has 0 amide bonds. The number of aromatic nitrogens is 2. The monoisotopic (exact) mass is 232 g/mol. The normalized spacial score (nSPS) is 10.6. The molecule has 0 aromatic carbocycles.